The van der Waals surface area contributed by atoms with Crippen molar-refractivity contribution in [2.75, 3.05) is 31.7 Å². The fraction of sp³-hybridized carbons (Fsp3) is 0.318. The van der Waals surface area contributed by atoms with Crippen molar-refractivity contribution in [1.29, 1.82) is 0 Å². The van der Waals surface area contributed by atoms with E-state index in [2.05, 4.69) is 5.32 Å². The predicted molar refractivity (Wildman–Crippen MR) is 108 cm³/mol. The molecule has 2 aromatic carbocycles. The van der Waals surface area contributed by atoms with Crippen molar-refractivity contribution in [2.45, 2.75) is 13.3 Å². The number of anilines is 1. The molecule has 0 radical (unpaired) electrons. The molecule has 0 aromatic heterocycles. The molecule has 7 heteroatoms. The fourth-order valence-electron chi connectivity index (χ4n) is 3.17. The van der Waals surface area contributed by atoms with E-state index in [1.165, 1.54) is 6.92 Å². The Kier molecular flexibility index (Phi) is 6.49. The molecule has 1 aliphatic rings. The molecule has 2 aromatic rings. The Morgan fingerprint density at radius 3 is 2.34 bits per heavy atom. The van der Waals surface area contributed by atoms with Gasteiger partial charge >= 0.3 is 0 Å². The molecule has 2 amide bonds. The number of methoxy groups -OCH3 is 1. The van der Waals surface area contributed by atoms with Crippen molar-refractivity contribution in [1.82, 2.24) is 5.32 Å². The number of hydrogen-bond acceptors (Lipinski definition) is 5. The maximum Gasteiger partial charge on any atom is 0.227 e. The fourth-order valence-corrected chi connectivity index (χ4v) is 3.17. The third kappa shape index (κ3) is 5.13. The van der Waals surface area contributed by atoms with Crippen LogP contribution in [0.2, 0.25) is 0 Å². The molecule has 1 atom stereocenters. The van der Waals surface area contributed by atoms with Gasteiger partial charge in [0, 0.05) is 24.2 Å². The van der Waals surface area contributed by atoms with Gasteiger partial charge in [-0.05, 0) is 55.5 Å². The van der Waals surface area contributed by atoms with Crippen molar-refractivity contribution in [3.8, 4) is 11.5 Å². The lowest BCUT2D eigenvalue weighted by Crippen LogP contribution is -2.35. The van der Waals surface area contributed by atoms with Crippen LogP contribution in [0.25, 0.3) is 0 Å². The monoisotopic (exact) mass is 396 g/mol. The largest absolute Gasteiger partial charge is 0.497 e. The molecular formula is C22H24N2O5. The second-order valence-corrected chi connectivity index (χ2v) is 6.82. The molecule has 1 fully saturated rings. The predicted octanol–water partition coefficient (Wildman–Crippen LogP) is 2.45. The molecule has 1 aliphatic heterocycles. The minimum Gasteiger partial charge on any atom is -0.497 e. The highest BCUT2D eigenvalue weighted by molar-refractivity contribution is 6.01. The topological polar surface area (TPSA) is 84.9 Å². The van der Waals surface area contributed by atoms with E-state index in [4.69, 9.17) is 9.47 Å². The number of ketones is 1. The van der Waals surface area contributed by atoms with E-state index in [9.17, 15) is 14.4 Å². The molecule has 1 unspecified atom stereocenters. The van der Waals surface area contributed by atoms with Gasteiger partial charge in [0.1, 0.15) is 18.1 Å². The number of nitrogens with one attached hydrogen (secondary N) is 1. The van der Waals surface area contributed by atoms with Crippen molar-refractivity contribution >= 4 is 23.3 Å². The van der Waals surface area contributed by atoms with Crippen LogP contribution in [0, 0.1) is 5.92 Å². The van der Waals surface area contributed by atoms with E-state index < -0.39 is 5.92 Å². The summed E-state index contributed by atoms with van der Waals surface area (Å²) in [6.45, 7) is 2.50. The molecule has 29 heavy (non-hydrogen) atoms. The number of carbonyl (C=O) groups excluding carboxylic acids is 3. The summed E-state index contributed by atoms with van der Waals surface area (Å²) >= 11 is 0. The Labute approximate surface area is 169 Å². The minimum atomic E-state index is -0.407. The van der Waals surface area contributed by atoms with E-state index in [1.54, 1.807) is 60.5 Å². The number of rotatable bonds is 8. The van der Waals surface area contributed by atoms with Gasteiger partial charge in [-0.2, -0.15) is 0 Å². The Balaban J connectivity index is 1.46. The molecule has 152 valence electrons. The van der Waals surface area contributed by atoms with Crippen LogP contribution in [-0.2, 0) is 9.59 Å². The average molecular weight is 396 g/mol. The quantitative estimate of drug-likeness (QED) is 0.547. The molecule has 3 rings (SSSR count). The summed E-state index contributed by atoms with van der Waals surface area (Å²) in [4.78, 5) is 37.7. The third-order valence-corrected chi connectivity index (χ3v) is 4.81. The van der Waals surface area contributed by atoms with Crippen LogP contribution in [0.1, 0.15) is 23.7 Å². The zero-order chi connectivity index (χ0) is 20.8. The van der Waals surface area contributed by atoms with Crippen LogP contribution < -0.4 is 19.7 Å². The van der Waals surface area contributed by atoms with Gasteiger partial charge in [0.05, 0.1) is 19.6 Å². The minimum absolute atomic E-state index is 0.0292. The van der Waals surface area contributed by atoms with Crippen LogP contribution in [0.15, 0.2) is 48.5 Å². The zero-order valence-corrected chi connectivity index (χ0v) is 16.5. The second kappa shape index (κ2) is 9.23. The van der Waals surface area contributed by atoms with Gasteiger partial charge < -0.3 is 19.7 Å². The highest BCUT2D eigenvalue weighted by Crippen LogP contribution is 2.25. The molecule has 0 aliphatic carbocycles. The maximum atomic E-state index is 12.4. The number of hydrogen-bond donors (Lipinski definition) is 1. The Hall–Kier alpha value is -3.35. The van der Waals surface area contributed by atoms with Crippen molar-refractivity contribution in [2.24, 2.45) is 5.92 Å². The lowest BCUT2D eigenvalue weighted by Gasteiger charge is -2.17. The van der Waals surface area contributed by atoms with E-state index in [1.807, 2.05) is 0 Å². The first-order valence-corrected chi connectivity index (χ1v) is 9.44. The third-order valence-electron chi connectivity index (χ3n) is 4.81. The zero-order valence-electron chi connectivity index (χ0n) is 16.5. The summed E-state index contributed by atoms with van der Waals surface area (Å²) < 4.78 is 10.7. The number of nitrogens with zero attached hydrogens (tertiary/aromatic N) is 1. The molecule has 1 saturated heterocycles. The van der Waals surface area contributed by atoms with Gasteiger partial charge in [0.25, 0.3) is 0 Å². The molecule has 1 N–H and O–H groups in total. The molecular weight excluding hydrogens is 372 g/mol. The number of amides is 2. The maximum absolute atomic E-state index is 12.4. The number of Topliss-reactive ketones (excluding diaryl/α,β-unsaturated/α-hetero) is 1. The lowest BCUT2D eigenvalue weighted by atomic mass is 10.1. The number of benzene rings is 2. The van der Waals surface area contributed by atoms with Gasteiger partial charge in [0.15, 0.2) is 5.78 Å². The van der Waals surface area contributed by atoms with Gasteiger partial charge in [-0.1, -0.05) is 0 Å². The van der Waals surface area contributed by atoms with Gasteiger partial charge in [0.2, 0.25) is 11.8 Å². The van der Waals surface area contributed by atoms with Crippen LogP contribution in [0.3, 0.4) is 0 Å². The molecule has 0 saturated carbocycles. The van der Waals surface area contributed by atoms with E-state index in [0.717, 1.165) is 5.75 Å². The first kappa shape index (κ1) is 20.4. The number of ether oxygens (including phenoxy) is 2. The highest BCUT2D eigenvalue weighted by atomic mass is 16.5. The van der Waals surface area contributed by atoms with E-state index in [-0.39, 0.29) is 24.0 Å². The highest BCUT2D eigenvalue weighted by Gasteiger charge is 2.34. The Morgan fingerprint density at radius 2 is 1.72 bits per heavy atom. The summed E-state index contributed by atoms with van der Waals surface area (Å²) in [5.74, 6) is 0.734. The van der Waals surface area contributed by atoms with E-state index >= 15 is 0 Å². The van der Waals surface area contributed by atoms with Crippen molar-refractivity contribution < 1.29 is 23.9 Å². The number of carbonyl (C=O) groups is 3. The summed E-state index contributed by atoms with van der Waals surface area (Å²) in [5.41, 5.74) is 1.28. The standard InChI is InChI=1S/C22H24N2O5/c1-15(25)16-3-5-18(6-4-16)24-14-17(13-21(24)26)22(27)23-11-12-29-20-9-7-19(28-2)8-10-20/h3-10,17H,11-14H2,1-2H3,(H,23,27). The van der Waals surface area contributed by atoms with Crippen molar-refractivity contribution in [3.05, 3.63) is 54.1 Å². The van der Waals surface area contributed by atoms with Crippen LogP contribution in [0.4, 0.5) is 5.69 Å². The Morgan fingerprint density at radius 1 is 1.07 bits per heavy atom. The first-order valence-electron chi connectivity index (χ1n) is 9.44. The van der Waals surface area contributed by atoms with Crippen molar-refractivity contribution in [3.63, 3.8) is 0 Å². The van der Waals surface area contributed by atoms with Gasteiger partial charge in [-0.3, -0.25) is 14.4 Å². The second-order valence-electron chi connectivity index (χ2n) is 6.82. The van der Waals surface area contributed by atoms with Gasteiger partial charge in [-0.25, -0.2) is 0 Å². The summed E-state index contributed by atoms with van der Waals surface area (Å²) in [7, 11) is 1.60. The molecule has 1 heterocycles. The van der Waals surface area contributed by atoms with Crippen LogP contribution >= 0.6 is 0 Å². The molecule has 0 bridgehead atoms. The van der Waals surface area contributed by atoms with E-state index in [0.29, 0.717) is 36.7 Å². The summed E-state index contributed by atoms with van der Waals surface area (Å²) in [6, 6.07) is 14.0. The lowest BCUT2D eigenvalue weighted by molar-refractivity contribution is -0.126. The van der Waals surface area contributed by atoms with Crippen LogP contribution in [0.5, 0.6) is 11.5 Å². The molecule has 7 nitrogen and oxygen atoms in total. The summed E-state index contributed by atoms with van der Waals surface area (Å²) in [5, 5.41) is 2.82. The average Bonchev–Trinajstić information content (AvgIpc) is 3.13. The van der Waals surface area contributed by atoms with Gasteiger partial charge in [-0.15, -0.1) is 0 Å². The molecule has 0 spiro atoms. The first-order chi connectivity index (χ1) is 14.0. The SMILES string of the molecule is COc1ccc(OCCNC(=O)C2CC(=O)N(c3ccc(C(C)=O)cc3)C2)cc1. The van der Waals surface area contributed by atoms with Crippen LogP contribution in [-0.4, -0.2) is 44.4 Å². The summed E-state index contributed by atoms with van der Waals surface area (Å²) in [6.07, 6.45) is 0.166. The normalized spacial score (nSPS) is 15.9. The smallest absolute Gasteiger partial charge is 0.227 e. The Bertz CT molecular complexity index is 877.